The smallest absolute Gasteiger partial charge is 0.265 e. The fourth-order valence-electron chi connectivity index (χ4n) is 3.81. The Kier molecular flexibility index (Phi) is 6.48. The van der Waals surface area contributed by atoms with Crippen LogP contribution >= 0.6 is 11.3 Å². The van der Waals surface area contributed by atoms with Crippen LogP contribution in [0.2, 0.25) is 0 Å². The van der Waals surface area contributed by atoms with Crippen LogP contribution in [0.5, 0.6) is 0 Å². The molecule has 3 heterocycles. The average Bonchev–Trinajstić information content (AvgIpc) is 3.40. The molecule has 164 valence electrons. The number of carbonyl (C=O) groups is 1. The molecule has 8 heteroatoms. The summed E-state index contributed by atoms with van der Waals surface area (Å²) in [7, 11) is 0. The number of aryl methyl sites for hydroxylation is 1. The summed E-state index contributed by atoms with van der Waals surface area (Å²) in [5.74, 6) is 1.84. The quantitative estimate of drug-likeness (QED) is 0.572. The highest BCUT2D eigenvalue weighted by molar-refractivity contribution is 7.13. The largest absolute Gasteiger partial charge is 0.337 e. The molecule has 0 radical (unpaired) electrons. The summed E-state index contributed by atoms with van der Waals surface area (Å²) >= 11 is 1.55. The molecule has 31 heavy (non-hydrogen) atoms. The molecule has 0 spiro atoms. The molecule has 1 saturated heterocycles. The number of hydrogen-bond donors (Lipinski definition) is 0. The number of rotatable bonds is 6. The van der Waals surface area contributed by atoms with Crippen LogP contribution in [0.3, 0.4) is 0 Å². The highest BCUT2D eigenvalue weighted by atomic mass is 32.1. The lowest BCUT2D eigenvalue weighted by Gasteiger charge is -2.36. The standard InChI is InChI=1S/C23H29N5O2S/c1-15(2)14-19-24-16(3)20(31-19)23(29)28-12-10-27(11-13-28)17(4)22-25-21(26-30-22)18-8-6-5-7-9-18/h5-9,15,17H,10-14H2,1-4H3. The monoisotopic (exact) mass is 439 g/mol. The van der Waals surface area contributed by atoms with Crippen LogP contribution in [0.4, 0.5) is 0 Å². The van der Waals surface area contributed by atoms with E-state index in [-0.39, 0.29) is 11.9 Å². The first-order valence-corrected chi connectivity index (χ1v) is 11.6. The lowest BCUT2D eigenvalue weighted by Crippen LogP contribution is -2.49. The summed E-state index contributed by atoms with van der Waals surface area (Å²) in [5, 5.41) is 5.18. The lowest BCUT2D eigenvalue weighted by atomic mass is 10.1. The van der Waals surface area contributed by atoms with Crippen LogP contribution < -0.4 is 0 Å². The van der Waals surface area contributed by atoms with Crippen LogP contribution in [0, 0.1) is 12.8 Å². The van der Waals surface area contributed by atoms with Gasteiger partial charge in [-0.1, -0.05) is 49.3 Å². The molecule has 1 amide bonds. The maximum absolute atomic E-state index is 13.1. The van der Waals surface area contributed by atoms with Crippen molar-refractivity contribution < 1.29 is 9.32 Å². The first-order valence-electron chi connectivity index (χ1n) is 10.8. The van der Waals surface area contributed by atoms with Gasteiger partial charge in [0, 0.05) is 38.2 Å². The van der Waals surface area contributed by atoms with Gasteiger partial charge in [0.1, 0.15) is 4.88 Å². The van der Waals surface area contributed by atoms with Gasteiger partial charge in [-0.2, -0.15) is 4.98 Å². The summed E-state index contributed by atoms with van der Waals surface area (Å²) in [4.78, 5) is 27.3. The Hall–Kier alpha value is -2.58. The van der Waals surface area contributed by atoms with Crippen LogP contribution in [-0.2, 0) is 6.42 Å². The van der Waals surface area contributed by atoms with Crippen LogP contribution in [0.1, 0.15) is 53.1 Å². The van der Waals surface area contributed by atoms with Crippen molar-refractivity contribution in [1.29, 1.82) is 0 Å². The van der Waals surface area contributed by atoms with Crippen molar-refractivity contribution in [3.63, 3.8) is 0 Å². The molecule has 0 N–H and O–H groups in total. The topological polar surface area (TPSA) is 75.4 Å². The van der Waals surface area contributed by atoms with E-state index in [1.807, 2.05) is 42.2 Å². The molecule has 1 fully saturated rings. The van der Waals surface area contributed by atoms with Crippen LogP contribution in [-0.4, -0.2) is 57.0 Å². The molecule has 0 aliphatic carbocycles. The number of piperazine rings is 1. The van der Waals surface area contributed by atoms with Gasteiger partial charge in [-0.25, -0.2) is 4.98 Å². The number of aromatic nitrogens is 3. The lowest BCUT2D eigenvalue weighted by molar-refractivity contribution is 0.0555. The minimum absolute atomic E-state index is 0.00463. The van der Waals surface area contributed by atoms with Gasteiger partial charge in [0.25, 0.3) is 5.91 Å². The SMILES string of the molecule is Cc1nc(CC(C)C)sc1C(=O)N1CCN(C(C)c2nc(-c3ccccc3)no2)CC1. The van der Waals surface area contributed by atoms with Gasteiger partial charge in [-0.3, -0.25) is 9.69 Å². The van der Waals surface area contributed by atoms with Crippen molar-refractivity contribution in [2.75, 3.05) is 26.2 Å². The molecule has 0 bridgehead atoms. The maximum Gasteiger partial charge on any atom is 0.265 e. The Morgan fingerprint density at radius 3 is 2.48 bits per heavy atom. The molecule has 1 aliphatic heterocycles. The summed E-state index contributed by atoms with van der Waals surface area (Å²) in [6, 6.07) is 9.83. The second-order valence-electron chi connectivity index (χ2n) is 8.45. The van der Waals surface area contributed by atoms with Crippen molar-refractivity contribution in [3.8, 4) is 11.4 Å². The van der Waals surface area contributed by atoms with Crippen molar-refractivity contribution in [2.45, 2.75) is 40.2 Å². The van der Waals surface area contributed by atoms with Crippen molar-refractivity contribution in [2.24, 2.45) is 5.92 Å². The van der Waals surface area contributed by atoms with E-state index in [2.05, 4.69) is 40.8 Å². The van der Waals surface area contributed by atoms with E-state index in [0.29, 0.717) is 30.7 Å². The Morgan fingerprint density at radius 2 is 1.81 bits per heavy atom. The van der Waals surface area contributed by atoms with E-state index in [1.54, 1.807) is 11.3 Å². The normalized spacial score (nSPS) is 16.1. The van der Waals surface area contributed by atoms with Gasteiger partial charge >= 0.3 is 0 Å². The highest BCUT2D eigenvalue weighted by Gasteiger charge is 2.29. The number of carbonyl (C=O) groups excluding carboxylic acids is 1. The third kappa shape index (κ3) is 4.85. The molecule has 1 aliphatic rings. The number of thiazole rings is 1. The Labute approximate surface area is 187 Å². The average molecular weight is 440 g/mol. The predicted octanol–water partition coefficient (Wildman–Crippen LogP) is 4.22. The van der Waals surface area contributed by atoms with Gasteiger partial charge in [-0.05, 0) is 19.8 Å². The Bertz CT molecular complexity index is 1020. The van der Waals surface area contributed by atoms with Gasteiger partial charge in [0.15, 0.2) is 0 Å². The molecular formula is C23H29N5O2S. The highest BCUT2D eigenvalue weighted by Crippen LogP contribution is 2.26. The van der Waals surface area contributed by atoms with Gasteiger partial charge in [0.05, 0.1) is 16.7 Å². The zero-order chi connectivity index (χ0) is 22.0. The minimum Gasteiger partial charge on any atom is -0.337 e. The third-order valence-electron chi connectivity index (χ3n) is 5.60. The van der Waals surface area contributed by atoms with Gasteiger partial charge in [0.2, 0.25) is 11.7 Å². The van der Waals surface area contributed by atoms with Gasteiger partial charge < -0.3 is 9.42 Å². The number of nitrogens with zero attached hydrogens (tertiary/aromatic N) is 5. The predicted molar refractivity (Wildman–Crippen MR) is 121 cm³/mol. The first-order chi connectivity index (χ1) is 14.9. The van der Waals surface area contributed by atoms with E-state index in [1.165, 1.54) is 0 Å². The zero-order valence-corrected chi connectivity index (χ0v) is 19.4. The third-order valence-corrected chi connectivity index (χ3v) is 6.77. The molecule has 2 aromatic heterocycles. The van der Waals surface area contributed by atoms with E-state index in [9.17, 15) is 4.79 Å². The molecular weight excluding hydrogens is 410 g/mol. The van der Waals surface area contributed by atoms with Crippen LogP contribution in [0.15, 0.2) is 34.9 Å². The molecule has 1 atom stereocenters. The summed E-state index contributed by atoms with van der Waals surface area (Å²) in [6.07, 6.45) is 0.916. The molecule has 7 nitrogen and oxygen atoms in total. The van der Waals surface area contributed by atoms with Crippen molar-refractivity contribution in [3.05, 3.63) is 51.8 Å². The molecule has 1 aromatic carbocycles. The fourth-order valence-corrected chi connectivity index (χ4v) is 5.05. The van der Waals surface area contributed by atoms with E-state index < -0.39 is 0 Å². The maximum atomic E-state index is 13.1. The molecule has 1 unspecified atom stereocenters. The number of benzene rings is 1. The fraction of sp³-hybridized carbons (Fsp3) is 0.478. The minimum atomic E-state index is 0.00463. The summed E-state index contributed by atoms with van der Waals surface area (Å²) in [5.41, 5.74) is 1.79. The summed E-state index contributed by atoms with van der Waals surface area (Å²) < 4.78 is 5.54. The van der Waals surface area contributed by atoms with E-state index in [0.717, 1.165) is 40.7 Å². The summed E-state index contributed by atoms with van der Waals surface area (Å²) in [6.45, 7) is 11.3. The molecule has 0 saturated carbocycles. The Balaban J connectivity index is 1.37. The van der Waals surface area contributed by atoms with E-state index in [4.69, 9.17) is 4.52 Å². The Morgan fingerprint density at radius 1 is 1.10 bits per heavy atom. The van der Waals surface area contributed by atoms with Crippen molar-refractivity contribution >= 4 is 17.2 Å². The second kappa shape index (κ2) is 9.28. The van der Waals surface area contributed by atoms with Gasteiger partial charge in [-0.15, -0.1) is 11.3 Å². The van der Waals surface area contributed by atoms with E-state index >= 15 is 0 Å². The molecule has 3 aromatic rings. The molecule has 4 rings (SSSR count). The second-order valence-corrected chi connectivity index (χ2v) is 9.53. The zero-order valence-electron chi connectivity index (χ0n) is 18.5. The first kappa shape index (κ1) is 21.6. The van der Waals surface area contributed by atoms with Crippen molar-refractivity contribution in [1.82, 2.24) is 24.9 Å². The number of hydrogen-bond acceptors (Lipinski definition) is 7. The van der Waals surface area contributed by atoms with Crippen LogP contribution in [0.25, 0.3) is 11.4 Å². The number of amides is 1.